The van der Waals surface area contributed by atoms with Crippen LogP contribution in [0.25, 0.3) is 11.1 Å². The Morgan fingerprint density at radius 3 is 2.88 bits per heavy atom. The van der Waals surface area contributed by atoms with Crippen molar-refractivity contribution in [2.75, 3.05) is 13.1 Å². The molecule has 6 nitrogen and oxygen atoms in total. The highest BCUT2D eigenvalue weighted by Crippen LogP contribution is 2.40. The molecule has 0 aromatic carbocycles. The second-order valence-corrected chi connectivity index (χ2v) is 6.60. The van der Waals surface area contributed by atoms with Crippen molar-refractivity contribution >= 4 is 17.0 Å². The van der Waals surface area contributed by atoms with Gasteiger partial charge in [0.2, 0.25) is 0 Å². The molecular weight excluding hydrogens is 304 g/mol. The number of fused-ring (bicyclic) bond motifs is 1. The summed E-state index contributed by atoms with van der Waals surface area (Å²) in [6.07, 6.45) is 4.00. The number of hydrogen-bond acceptors (Lipinski definition) is 5. The van der Waals surface area contributed by atoms with E-state index < -0.39 is 0 Å². The fourth-order valence-corrected chi connectivity index (χ4v) is 2.97. The number of carbonyl (C=O) groups excluding carboxylic acids is 1. The molecule has 2 aromatic rings. The number of nitrogens with one attached hydrogen (secondary N) is 2. The van der Waals surface area contributed by atoms with Gasteiger partial charge in [0.25, 0.3) is 11.6 Å². The van der Waals surface area contributed by atoms with Crippen LogP contribution < -0.4 is 10.6 Å². The van der Waals surface area contributed by atoms with Gasteiger partial charge in [-0.05, 0) is 38.8 Å². The Labute approximate surface area is 142 Å². The molecule has 1 fully saturated rings. The average molecular weight is 330 g/mol. The number of rotatable bonds is 8. The van der Waals surface area contributed by atoms with Crippen LogP contribution in [0.5, 0.6) is 0 Å². The number of amides is 1. The molecule has 6 heteroatoms. The quantitative estimate of drug-likeness (QED) is 0.778. The van der Waals surface area contributed by atoms with Gasteiger partial charge in [0.15, 0.2) is 0 Å². The van der Waals surface area contributed by atoms with Crippen LogP contribution in [0, 0.1) is 0 Å². The summed E-state index contributed by atoms with van der Waals surface area (Å²) in [5, 5.41) is 11.2. The molecule has 0 aliphatic heterocycles. The van der Waals surface area contributed by atoms with Gasteiger partial charge in [-0.15, -0.1) is 0 Å². The predicted molar refractivity (Wildman–Crippen MR) is 93.2 cm³/mol. The number of nitrogens with zero attached hydrogens (tertiary/aromatic N) is 2. The molecule has 2 aromatic heterocycles. The third kappa shape index (κ3) is 3.59. The van der Waals surface area contributed by atoms with Crippen molar-refractivity contribution in [3.63, 3.8) is 0 Å². The van der Waals surface area contributed by atoms with E-state index in [4.69, 9.17) is 4.52 Å². The van der Waals surface area contributed by atoms with Crippen LogP contribution in [0.15, 0.2) is 10.6 Å². The topological polar surface area (TPSA) is 80.0 Å². The highest BCUT2D eigenvalue weighted by molar-refractivity contribution is 6.06. The first-order valence-electron chi connectivity index (χ1n) is 8.94. The lowest BCUT2D eigenvalue weighted by atomic mass is 10.0. The molecule has 3 rings (SSSR count). The molecule has 2 heterocycles. The van der Waals surface area contributed by atoms with Crippen molar-refractivity contribution in [3.05, 3.63) is 23.0 Å². The summed E-state index contributed by atoms with van der Waals surface area (Å²) in [7, 11) is 0. The lowest BCUT2D eigenvalue weighted by Gasteiger charge is -2.14. The van der Waals surface area contributed by atoms with Gasteiger partial charge in [-0.2, -0.15) is 0 Å². The van der Waals surface area contributed by atoms with Gasteiger partial charge < -0.3 is 15.2 Å². The molecule has 1 amide bonds. The Hall–Kier alpha value is -1.95. The Kier molecular flexibility index (Phi) is 5.14. The maximum Gasteiger partial charge on any atom is 0.259 e. The smallest absolute Gasteiger partial charge is 0.259 e. The van der Waals surface area contributed by atoms with E-state index in [0.29, 0.717) is 23.7 Å². The predicted octanol–water partition coefficient (Wildman–Crippen LogP) is 2.78. The number of aromatic nitrogens is 2. The standard InChI is InChI=1S/C18H26N4O2/c1-4-6-14-16-13(17(23)20-10-11(3)19-5-2)9-15(12-7-8-12)21-18(16)24-22-14/h9,11-12,19H,4-8,10H2,1-3H3,(H,20,23)/t11-/m1/s1. The van der Waals surface area contributed by atoms with Crippen molar-refractivity contribution in [1.29, 1.82) is 0 Å². The van der Waals surface area contributed by atoms with E-state index in [1.807, 2.05) is 6.07 Å². The van der Waals surface area contributed by atoms with Crippen LogP contribution >= 0.6 is 0 Å². The third-order valence-electron chi connectivity index (χ3n) is 4.39. The SMILES string of the molecule is CCCc1noc2nc(C3CC3)cc(C(=O)NC[C@@H](C)NCC)c12. The molecule has 1 aliphatic carbocycles. The van der Waals surface area contributed by atoms with E-state index in [1.54, 1.807) is 0 Å². The van der Waals surface area contributed by atoms with Crippen molar-refractivity contribution in [3.8, 4) is 0 Å². The third-order valence-corrected chi connectivity index (χ3v) is 4.39. The van der Waals surface area contributed by atoms with Crippen LogP contribution in [0.4, 0.5) is 0 Å². The van der Waals surface area contributed by atoms with Crippen LogP contribution in [-0.2, 0) is 6.42 Å². The molecule has 1 aliphatic rings. The largest absolute Gasteiger partial charge is 0.350 e. The zero-order valence-corrected chi connectivity index (χ0v) is 14.7. The first-order chi connectivity index (χ1) is 11.6. The van der Waals surface area contributed by atoms with E-state index in [9.17, 15) is 4.79 Å². The molecule has 0 unspecified atom stereocenters. The molecule has 0 spiro atoms. The van der Waals surface area contributed by atoms with E-state index >= 15 is 0 Å². The van der Waals surface area contributed by atoms with Gasteiger partial charge in [0, 0.05) is 24.2 Å². The molecule has 24 heavy (non-hydrogen) atoms. The summed E-state index contributed by atoms with van der Waals surface area (Å²) in [6.45, 7) is 7.67. The van der Waals surface area contributed by atoms with Crippen LogP contribution in [0.3, 0.4) is 0 Å². The van der Waals surface area contributed by atoms with E-state index in [-0.39, 0.29) is 11.9 Å². The van der Waals surface area contributed by atoms with Gasteiger partial charge in [-0.1, -0.05) is 25.4 Å². The maximum atomic E-state index is 12.8. The molecule has 2 N–H and O–H groups in total. The second kappa shape index (κ2) is 7.30. The highest BCUT2D eigenvalue weighted by atomic mass is 16.5. The summed E-state index contributed by atoms with van der Waals surface area (Å²) in [6, 6.07) is 2.17. The Bertz CT molecular complexity index is 721. The zero-order valence-electron chi connectivity index (χ0n) is 14.7. The monoisotopic (exact) mass is 330 g/mol. The fourth-order valence-electron chi connectivity index (χ4n) is 2.97. The van der Waals surface area contributed by atoms with Gasteiger partial charge in [-0.25, -0.2) is 4.98 Å². The fraction of sp³-hybridized carbons (Fsp3) is 0.611. The maximum absolute atomic E-state index is 12.8. The molecular formula is C18H26N4O2. The minimum atomic E-state index is -0.0744. The summed E-state index contributed by atoms with van der Waals surface area (Å²) >= 11 is 0. The molecule has 0 radical (unpaired) electrons. The number of aryl methyl sites for hydroxylation is 1. The molecule has 1 saturated carbocycles. The first kappa shape index (κ1) is 16.9. The second-order valence-electron chi connectivity index (χ2n) is 6.60. The minimum absolute atomic E-state index is 0.0744. The van der Waals surface area contributed by atoms with Crippen molar-refractivity contribution < 1.29 is 9.32 Å². The summed E-state index contributed by atoms with van der Waals surface area (Å²) in [5.74, 6) is 0.385. The summed E-state index contributed by atoms with van der Waals surface area (Å²) in [5.41, 5.74) is 2.92. The lowest BCUT2D eigenvalue weighted by molar-refractivity contribution is 0.0951. The molecule has 130 valence electrons. The summed E-state index contributed by atoms with van der Waals surface area (Å²) in [4.78, 5) is 17.4. The Morgan fingerprint density at radius 1 is 1.42 bits per heavy atom. The van der Waals surface area contributed by atoms with E-state index in [1.165, 1.54) is 0 Å². The normalized spacial score (nSPS) is 15.6. The van der Waals surface area contributed by atoms with Crippen LogP contribution in [0.2, 0.25) is 0 Å². The number of hydrogen-bond donors (Lipinski definition) is 2. The average Bonchev–Trinajstić information content (AvgIpc) is 3.35. The van der Waals surface area contributed by atoms with E-state index in [0.717, 1.165) is 49.0 Å². The Morgan fingerprint density at radius 2 is 2.21 bits per heavy atom. The van der Waals surface area contributed by atoms with Crippen molar-refractivity contribution in [2.24, 2.45) is 0 Å². The van der Waals surface area contributed by atoms with Crippen LogP contribution in [0.1, 0.15) is 67.7 Å². The van der Waals surface area contributed by atoms with Crippen molar-refractivity contribution in [2.45, 2.75) is 58.4 Å². The van der Waals surface area contributed by atoms with Gasteiger partial charge >= 0.3 is 0 Å². The lowest BCUT2D eigenvalue weighted by Crippen LogP contribution is -2.38. The number of likely N-dealkylation sites (N-methyl/N-ethyl adjacent to an activating group) is 1. The van der Waals surface area contributed by atoms with Gasteiger partial charge in [0.05, 0.1) is 16.6 Å². The summed E-state index contributed by atoms with van der Waals surface area (Å²) < 4.78 is 5.42. The number of pyridine rings is 1. The molecule has 0 saturated heterocycles. The molecule has 0 bridgehead atoms. The number of carbonyl (C=O) groups is 1. The minimum Gasteiger partial charge on any atom is -0.350 e. The van der Waals surface area contributed by atoms with E-state index in [2.05, 4.69) is 41.5 Å². The Balaban J connectivity index is 1.91. The van der Waals surface area contributed by atoms with Gasteiger partial charge in [-0.3, -0.25) is 4.79 Å². The van der Waals surface area contributed by atoms with Crippen LogP contribution in [-0.4, -0.2) is 35.2 Å². The first-order valence-corrected chi connectivity index (χ1v) is 8.94. The molecule has 1 atom stereocenters. The zero-order chi connectivity index (χ0) is 17.1. The van der Waals surface area contributed by atoms with Crippen molar-refractivity contribution in [1.82, 2.24) is 20.8 Å². The highest BCUT2D eigenvalue weighted by Gasteiger charge is 2.29. The van der Waals surface area contributed by atoms with Gasteiger partial charge in [0.1, 0.15) is 0 Å².